The standard InChI is InChI=1S/C15H15Cl2NO3/c1-20-13-5-9(6-14(21-2)15(13)19)8-18-12-7-10(16)3-4-11(12)17/h3-7,18-19H,8H2,1-2H3. The van der Waals surface area contributed by atoms with Crippen LogP contribution in [0.3, 0.4) is 0 Å². The Morgan fingerprint density at radius 3 is 2.24 bits per heavy atom. The van der Waals surface area contributed by atoms with E-state index in [-0.39, 0.29) is 5.75 Å². The normalized spacial score (nSPS) is 10.3. The van der Waals surface area contributed by atoms with E-state index in [1.807, 2.05) is 0 Å². The van der Waals surface area contributed by atoms with Crippen LogP contribution in [0.15, 0.2) is 30.3 Å². The molecule has 0 fully saturated rings. The minimum atomic E-state index is -0.0236. The van der Waals surface area contributed by atoms with Crippen molar-refractivity contribution in [2.45, 2.75) is 6.54 Å². The molecule has 0 saturated heterocycles. The van der Waals surface area contributed by atoms with Gasteiger partial charge in [-0.3, -0.25) is 0 Å². The van der Waals surface area contributed by atoms with Gasteiger partial charge in [-0.1, -0.05) is 23.2 Å². The summed E-state index contributed by atoms with van der Waals surface area (Å²) in [6, 6.07) is 8.65. The van der Waals surface area contributed by atoms with E-state index in [1.165, 1.54) is 14.2 Å². The van der Waals surface area contributed by atoms with E-state index in [2.05, 4.69) is 5.32 Å². The summed E-state index contributed by atoms with van der Waals surface area (Å²) in [6.07, 6.45) is 0. The zero-order valence-corrected chi connectivity index (χ0v) is 13.1. The molecule has 21 heavy (non-hydrogen) atoms. The highest BCUT2D eigenvalue weighted by molar-refractivity contribution is 6.35. The van der Waals surface area contributed by atoms with Crippen LogP contribution in [0, 0.1) is 0 Å². The Morgan fingerprint density at radius 1 is 1.05 bits per heavy atom. The Bertz CT molecular complexity index is 622. The van der Waals surface area contributed by atoms with Gasteiger partial charge in [0.25, 0.3) is 0 Å². The second kappa shape index (κ2) is 6.78. The Balaban J connectivity index is 2.22. The number of rotatable bonds is 5. The second-order valence-corrected chi connectivity index (χ2v) is 5.17. The Hall–Kier alpha value is -1.78. The summed E-state index contributed by atoms with van der Waals surface area (Å²) >= 11 is 12.0. The van der Waals surface area contributed by atoms with Gasteiger partial charge < -0.3 is 19.9 Å². The highest BCUT2D eigenvalue weighted by atomic mass is 35.5. The van der Waals surface area contributed by atoms with Gasteiger partial charge in [-0.15, -0.1) is 0 Å². The van der Waals surface area contributed by atoms with Gasteiger partial charge in [0.05, 0.1) is 24.9 Å². The summed E-state index contributed by atoms with van der Waals surface area (Å²) in [5, 5.41) is 14.2. The largest absolute Gasteiger partial charge is 0.502 e. The molecule has 2 aromatic rings. The van der Waals surface area contributed by atoms with Crippen molar-refractivity contribution in [2.24, 2.45) is 0 Å². The SMILES string of the molecule is COc1cc(CNc2cc(Cl)ccc2Cl)cc(OC)c1O. The van der Waals surface area contributed by atoms with Crippen LogP contribution in [0.5, 0.6) is 17.2 Å². The molecular formula is C15H15Cl2NO3. The van der Waals surface area contributed by atoms with Crippen LogP contribution in [0.2, 0.25) is 10.0 Å². The summed E-state index contributed by atoms with van der Waals surface area (Å²) in [4.78, 5) is 0. The van der Waals surface area contributed by atoms with Gasteiger partial charge in [-0.05, 0) is 35.9 Å². The lowest BCUT2D eigenvalue weighted by molar-refractivity contribution is 0.339. The molecule has 2 N–H and O–H groups in total. The van der Waals surface area contributed by atoms with Crippen molar-refractivity contribution >= 4 is 28.9 Å². The average Bonchev–Trinajstić information content (AvgIpc) is 2.49. The van der Waals surface area contributed by atoms with Crippen molar-refractivity contribution in [3.05, 3.63) is 45.9 Å². The number of hydrogen-bond acceptors (Lipinski definition) is 4. The fourth-order valence-corrected chi connectivity index (χ4v) is 2.24. The molecular weight excluding hydrogens is 313 g/mol. The molecule has 4 nitrogen and oxygen atoms in total. The van der Waals surface area contributed by atoms with Gasteiger partial charge in [-0.2, -0.15) is 0 Å². The van der Waals surface area contributed by atoms with E-state index in [4.69, 9.17) is 32.7 Å². The molecule has 0 aliphatic carbocycles. The average molecular weight is 328 g/mol. The van der Waals surface area contributed by atoms with Crippen LogP contribution >= 0.6 is 23.2 Å². The van der Waals surface area contributed by atoms with Crippen LogP contribution in [-0.4, -0.2) is 19.3 Å². The lowest BCUT2D eigenvalue weighted by atomic mass is 10.1. The van der Waals surface area contributed by atoms with Crippen LogP contribution in [0.4, 0.5) is 5.69 Å². The first-order valence-corrected chi connectivity index (χ1v) is 6.93. The first-order chi connectivity index (χ1) is 10.0. The molecule has 112 valence electrons. The number of anilines is 1. The zero-order chi connectivity index (χ0) is 15.4. The predicted molar refractivity (Wildman–Crippen MR) is 85.0 cm³/mol. The molecule has 2 rings (SSSR count). The van der Waals surface area contributed by atoms with E-state index in [0.29, 0.717) is 28.1 Å². The van der Waals surface area contributed by atoms with E-state index in [9.17, 15) is 5.11 Å². The molecule has 0 heterocycles. The number of methoxy groups -OCH3 is 2. The Labute approximate surface area is 133 Å². The van der Waals surface area contributed by atoms with Crippen LogP contribution < -0.4 is 14.8 Å². The number of nitrogens with one attached hydrogen (secondary N) is 1. The maximum Gasteiger partial charge on any atom is 0.200 e. The number of benzene rings is 2. The van der Waals surface area contributed by atoms with Crippen molar-refractivity contribution in [3.8, 4) is 17.2 Å². The summed E-state index contributed by atoms with van der Waals surface area (Å²) in [5.74, 6) is 0.677. The molecule has 0 saturated carbocycles. The van der Waals surface area contributed by atoms with Crippen LogP contribution in [-0.2, 0) is 6.54 Å². The topological polar surface area (TPSA) is 50.7 Å². The summed E-state index contributed by atoms with van der Waals surface area (Å²) < 4.78 is 10.2. The molecule has 0 aromatic heterocycles. The predicted octanol–water partition coefficient (Wildman–Crippen LogP) is 4.33. The van der Waals surface area contributed by atoms with Crippen molar-refractivity contribution < 1.29 is 14.6 Å². The third kappa shape index (κ3) is 3.65. The Morgan fingerprint density at radius 2 is 1.67 bits per heavy atom. The smallest absolute Gasteiger partial charge is 0.200 e. The quantitative estimate of drug-likeness (QED) is 0.858. The van der Waals surface area contributed by atoms with Gasteiger partial charge in [0.15, 0.2) is 11.5 Å². The van der Waals surface area contributed by atoms with E-state index in [1.54, 1.807) is 30.3 Å². The third-order valence-corrected chi connectivity index (χ3v) is 3.52. The molecule has 0 spiro atoms. The summed E-state index contributed by atoms with van der Waals surface area (Å²) in [7, 11) is 2.97. The molecule has 0 bridgehead atoms. The minimum Gasteiger partial charge on any atom is -0.502 e. The van der Waals surface area contributed by atoms with Gasteiger partial charge >= 0.3 is 0 Å². The maximum absolute atomic E-state index is 9.87. The monoisotopic (exact) mass is 327 g/mol. The molecule has 0 amide bonds. The molecule has 2 aromatic carbocycles. The van der Waals surface area contributed by atoms with Crippen molar-refractivity contribution in [3.63, 3.8) is 0 Å². The van der Waals surface area contributed by atoms with Gasteiger partial charge in [0.2, 0.25) is 5.75 Å². The van der Waals surface area contributed by atoms with Gasteiger partial charge in [-0.25, -0.2) is 0 Å². The van der Waals surface area contributed by atoms with E-state index < -0.39 is 0 Å². The Kier molecular flexibility index (Phi) is 5.04. The van der Waals surface area contributed by atoms with Gasteiger partial charge in [0.1, 0.15) is 0 Å². The van der Waals surface area contributed by atoms with Gasteiger partial charge in [0, 0.05) is 11.6 Å². The van der Waals surface area contributed by atoms with E-state index in [0.717, 1.165) is 11.3 Å². The number of hydrogen-bond donors (Lipinski definition) is 2. The number of ether oxygens (including phenoxy) is 2. The molecule has 6 heteroatoms. The lowest BCUT2D eigenvalue weighted by Gasteiger charge is -2.13. The van der Waals surface area contributed by atoms with Crippen molar-refractivity contribution in [1.82, 2.24) is 0 Å². The first-order valence-electron chi connectivity index (χ1n) is 6.18. The van der Waals surface area contributed by atoms with Crippen molar-refractivity contribution in [2.75, 3.05) is 19.5 Å². The second-order valence-electron chi connectivity index (χ2n) is 4.33. The van der Waals surface area contributed by atoms with Crippen molar-refractivity contribution in [1.29, 1.82) is 0 Å². The summed E-state index contributed by atoms with van der Waals surface area (Å²) in [5.41, 5.74) is 1.60. The van der Waals surface area contributed by atoms with Crippen LogP contribution in [0.1, 0.15) is 5.56 Å². The number of phenolic OH excluding ortho intramolecular Hbond substituents is 1. The van der Waals surface area contributed by atoms with Crippen LogP contribution in [0.25, 0.3) is 0 Å². The zero-order valence-electron chi connectivity index (χ0n) is 11.6. The molecule has 0 unspecified atom stereocenters. The lowest BCUT2D eigenvalue weighted by Crippen LogP contribution is -2.01. The molecule has 0 atom stereocenters. The fraction of sp³-hybridized carbons (Fsp3) is 0.200. The number of phenols is 1. The molecule has 0 aliphatic heterocycles. The number of aromatic hydroxyl groups is 1. The molecule has 0 radical (unpaired) electrons. The number of halogens is 2. The summed E-state index contributed by atoms with van der Waals surface area (Å²) in [6.45, 7) is 0.479. The highest BCUT2D eigenvalue weighted by Crippen LogP contribution is 2.37. The maximum atomic E-state index is 9.87. The molecule has 0 aliphatic rings. The van der Waals surface area contributed by atoms with E-state index >= 15 is 0 Å². The fourth-order valence-electron chi connectivity index (χ4n) is 1.88. The third-order valence-electron chi connectivity index (χ3n) is 2.95. The minimum absolute atomic E-state index is 0.0236. The highest BCUT2D eigenvalue weighted by Gasteiger charge is 2.11. The first kappa shape index (κ1) is 15.6.